The lowest BCUT2D eigenvalue weighted by Crippen LogP contribution is -2.06. The maximum atomic E-state index is 10.8. The average molecular weight is 436 g/mol. The number of hydrogen-bond acceptors (Lipinski definition) is 2. The molecule has 3 N–H and O–H groups in total. The second kappa shape index (κ2) is 8.17. The van der Waals surface area contributed by atoms with Gasteiger partial charge in [-0.05, 0) is 69.4 Å². The van der Waals surface area contributed by atoms with Crippen LogP contribution in [0.15, 0.2) is 77.7 Å². The van der Waals surface area contributed by atoms with Gasteiger partial charge in [0.25, 0.3) is 0 Å². The molecule has 4 aromatic rings. The van der Waals surface area contributed by atoms with Crippen molar-refractivity contribution in [2.45, 2.75) is 25.4 Å². The molecule has 28 heavy (non-hydrogen) atoms. The van der Waals surface area contributed by atoms with Gasteiger partial charge in [-0.15, -0.1) is 0 Å². The second-order valence-electron chi connectivity index (χ2n) is 6.85. The molecule has 3 aromatic heterocycles. The average Bonchev–Trinajstić information content (AvgIpc) is 3.38. The van der Waals surface area contributed by atoms with Crippen molar-refractivity contribution in [2.75, 3.05) is 0 Å². The van der Waals surface area contributed by atoms with Crippen LogP contribution in [-0.4, -0.2) is 20.1 Å². The highest BCUT2D eigenvalue weighted by atomic mass is 79.9. The van der Waals surface area contributed by atoms with Gasteiger partial charge in [-0.2, -0.15) is 0 Å². The number of rotatable bonds is 6. The lowest BCUT2D eigenvalue weighted by atomic mass is 9.94. The minimum atomic E-state index is -0.690. The first-order chi connectivity index (χ1) is 13.7. The summed E-state index contributed by atoms with van der Waals surface area (Å²) in [6, 6.07) is 20.2. The molecule has 1 aromatic carbocycles. The third-order valence-corrected chi connectivity index (χ3v) is 5.50. The van der Waals surface area contributed by atoms with Crippen molar-refractivity contribution in [1.29, 1.82) is 0 Å². The van der Waals surface area contributed by atoms with E-state index in [-0.39, 0.29) is 5.92 Å². The molecule has 2 atom stereocenters. The minimum Gasteiger partial charge on any atom is -0.382 e. The number of halogens is 1. The van der Waals surface area contributed by atoms with Crippen molar-refractivity contribution < 1.29 is 5.11 Å². The predicted molar refractivity (Wildman–Crippen MR) is 114 cm³/mol. The molecule has 2 unspecified atom stereocenters. The number of nitrogens with zero attached hydrogens (tertiary/aromatic N) is 1. The van der Waals surface area contributed by atoms with Gasteiger partial charge in [0.15, 0.2) is 0 Å². The quantitative estimate of drug-likeness (QED) is 0.383. The van der Waals surface area contributed by atoms with Gasteiger partial charge in [-0.1, -0.05) is 37.3 Å². The first-order valence-corrected chi connectivity index (χ1v) is 10.1. The van der Waals surface area contributed by atoms with E-state index in [4.69, 9.17) is 0 Å². The number of hydrogen-bond donors (Lipinski definition) is 3. The number of aliphatic hydroxyl groups excluding tert-OH is 1. The van der Waals surface area contributed by atoms with Crippen molar-refractivity contribution in [3.05, 3.63) is 111 Å². The molecule has 0 fully saturated rings. The highest BCUT2D eigenvalue weighted by molar-refractivity contribution is 9.10. The zero-order valence-electron chi connectivity index (χ0n) is 15.6. The van der Waals surface area contributed by atoms with Crippen molar-refractivity contribution in [3.63, 3.8) is 0 Å². The highest BCUT2D eigenvalue weighted by Crippen LogP contribution is 2.33. The zero-order valence-corrected chi connectivity index (χ0v) is 17.1. The predicted octanol–water partition coefficient (Wildman–Crippen LogP) is 5.32. The maximum Gasteiger partial charge on any atom is 0.119 e. The van der Waals surface area contributed by atoms with E-state index in [1.165, 1.54) is 5.56 Å². The van der Waals surface area contributed by atoms with Crippen molar-refractivity contribution in [3.8, 4) is 0 Å². The molecular formula is C23H22BrN3O. The van der Waals surface area contributed by atoms with Crippen LogP contribution in [-0.2, 0) is 6.42 Å². The number of H-pyrrole nitrogens is 2. The highest BCUT2D eigenvalue weighted by Gasteiger charge is 2.22. The molecule has 0 aliphatic carbocycles. The first kappa shape index (κ1) is 18.7. The Hall–Kier alpha value is -2.63. The molecule has 0 aliphatic heterocycles. The molecular weight excluding hydrogens is 414 g/mol. The summed E-state index contributed by atoms with van der Waals surface area (Å²) in [5.74, 6) is -0.0246. The molecule has 0 saturated heterocycles. The van der Waals surface area contributed by atoms with Crippen molar-refractivity contribution >= 4 is 15.9 Å². The van der Waals surface area contributed by atoms with E-state index >= 15 is 0 Å². The van der Waals surface area contributed by atoms with Crippen LogP contribution in [0.2, 0.25) is 0 Å². The maximum absolute atomic E-state index is 10.8. The molecule has 5 heteroatoms. The van der Waals surface area contributed by atoms with Gasteiger partial charge in [0, 0.05) is 29.5 Å². The SMILES string of the molecule is CCc1ccc(C(O)c2ccc(C(c3cccnc3)c3ccc(Br)[nH]3)[nH]2)cc1. The summed E-state index contributed by atoms with van der Waals surface area (Å²) in [4.78, 5) is 11.1. The van der Waals surface area contributed by atoms with E-state index in [1.54, 1.807) is 6.20 Å². The minimum absolute atomic E-state index is 0.0246. The van der Waals surface area contributed by atoms with Crippen LogP contribution >= 0.6 is 15.9 Å². The Kier molecular flexibility index (Phi) is 5.46. The van der Waals surface area contributed by atoms with Gasteiger partial charge in [-0.25, -0.2) is 0 Å². The van der Waals surface area contributed by atoms with Crippen LogP contribution in [0.4, 0.5) is 0 Å². The van der Waals surface area contributed by atoms with E-state index < -0.39 is 6.10 Å². The Bertz CT molecular complexity index is 1040. The first-order valence-electron chi connectivity index (χ1n) is 9.35. The van der Waals surface area contributed by atoms with Crippen LogP contribution in [0.5, 0.6) is 0 Å². The molecule has 3 heterocycles. The smallest absolute Gasteiger partial charge is 0.119 e. The van der Waals surface area contributed by atoms with Gasteiger partial charge in [0.2, 0.25) is 0 Å². The summed E-state index contributed by atoms with van der Waals surface area (Å²) < 4.78 is 0.930. The summed E-state index contributed by atoms with van der Waals surface area (Å²) in [7, 11) is 0. The van der Waals surface area contributed by atoms with Crippen LogP contribution in [0.3, 0.4) is 0 Å². The molecule has 4 nitrogen and oxygen atoms in total. The summed E-state index contributed by atoms with van der Waals surface area (Å²) in [5, 5.41) is 10.8. The molecule has 0 aliphatic rings. The molecule has 0 saturated carbocycles. The number of aromatic nitrogens is 3. The van der Waals surface area contributed by atoms with Gasteiger partial charge in [0.1, 0.15) is 6.10 Å². The lowest BCUT2D eigenvalue weighted by molar-refractivity contribution is 0.216. The Morgan fingerprint density at radius 1 is 0.893 bits per heavy atom. The fourth-order valence-electron chi connectivity index (χ4n) is 3.50. The third-order valence-electron chi connectivity index (χ3n) is 5.04. The van der Waals surface area contributed by atoms with Crippen molar-refractivity contribution in [1.82, 2.24) is 15.0 Å². The zero-order chi connectivity index (χ0) is 19.5. The normalized spacial score (nSPS) is 13.4. The Balaban J connectivity index is 1.68. The number of benzene rings is 1. The second-order valence-corrected chi connectivity index (χ2v) is 7.70. The molecule has 0 spiro atoms. The van der Waals surface area contributed by atoms with E-state index in [2.05, 4.69) is 62.1 Å². The summed E-state index contributed by atoms with van der Waals surface area (Å²) in [6.45, 7) is 2.13. The molecule has 4 rings (SSSR count). The monoisotopic (exact) mass is 435 g/mol. The van der Waals surface area contributed by atoms with E-state index in [0.717, 1.165) is 39.2 Å². The summed E-state index contributed by atoms with van der Waals surface area (Å²) in [6.07, 6.45) is 3.95. The number of nitrogens with one attached hydrogen (secondary N) is 2. The van der Waals surface area contributed by atoms with Gasteiger partial charge in [0.05, 0.1) is 10.5 Å². The van der Waals surface area contributed by atoms with Gasteiger partial charge in [-0.3, -0.25) is 4.98 Å². The largest absolute Gasteiger partial charge is 0.382 e. The Morgan fingerprint density at radius 2 is 1.61 bits per heavy atom. The summed E-state index contributed by atoms with van der Waals surface area (Å²) >= 11 is 3.49. The summed E-state index contributed by atoms with van der Waals surface area (Å²) in [5.41, 5.74) is 6.05. The number of aliphatic hydroxyl groups is 1. The number of pyridine rings is 1. The fraction of sp³-hybridized carbons (Fsp3) is 0.174. The van der Waals surface area contributed by atoms with E-state index in [1.807, 2.05) is 42.6 Å². The number of aryl methyl sites for hydroxylation is 1. The standard InChI is InChI=1S/C23H22BrN3O/c1-2-15-5-7-16(8-6-15)23(28)20-10-9-18(26-20)22(17-4-3-13-25-14-17)19-11-12-21(24)27-19/h3-14,22-23,26-28H,2H2,1H3. The number of aromatic amines is 2. The van der Waals surface area contributed by atoms with Crippen LogP contribution in [0.1, 0.15) is 52.7 Å². The third kappa shape index (κ3) is 3.81. The van der Waals surface area contributed by atoms with Crippen LogP contribution in [0.25, 0.3) is 0 Å². The Labute approximate surface area is 172 Å². The van der Waals surface area contributed by atoms with Gasteiger partial charge < -0.3 is 15.1 Å². The molecule has 0 bridgehead atoms. The molecule has 142 valence electrons. The van der Waals surface area contributed by atoms with E-state index in [9.17, 15) is 5.11 Å². The molecule has 0 radical (unpaired) electrons. The van der Waals surface area contributed by atoms with E-state index in [0.29, 0.717) is 0 Å². The lowest BCUT2D eigenvalue weighted by Gasteiger charge is -2.16. The van der Waals surface area contributed by atoms with Crippen molar-refractivity contribution in [2.24, 2.45) is 0 Å². The topological polar surface area (TPSA) is 64.7 Å². The van der Waals surface area contributed by atoms with Crippen LogP contribution in [0, 0.1) is 0 Å². The van der Waals surface area contributed by atoms with Crippen LogP contribution < -0.4 is 0 Å². The Morgan fingerprint density at radius 3 is 2.25 bits per heavy atom. The molecule has 0 amide bonds. The van der Waals surface area contributed by atoms with Gasteiger partial charge >= 0.3 is 0 Å². The fourth-order valence-corrected chi connectivity index (χ4v) is 3.86.